The van der Waals surface area contributed by atoms with Crippen molar-refractivity contribution in [3.63, 3.8) is 0 Å². The molecule has 0 aliphatic carbocycles. The standard InChI is InChI=1S/C17H20N4O4/c1-11-4-5-12(2)21(11)20-16(23)13-6-8-14(9-7-13)25-10-15(22)19-17(24)18-3/h4-9H,10H2,1-3H3,(H,20,23)(H2,18,19,22,24). The van der Waals surface area contributed by atoms with Crippen molar-refractivity contribution in [2.75, 3.05) is 19.1 Å². The summed E-state index contributed by atoms with van der Waals surface area (Å²) >= 11 is 0. The number of hydrogen-bond acceptors (Lipinski definition) is 4. The minimum absolute atomic E-state index is 0.258. The number of nitrogens with one attached hydrogen (secondary N) is 3. The summed E-state index contributed by atoms with van der Waals surface area (Å²) in [5.41, 5.74) is 5.10. The van der Waals surface area contributed by atoms with Gasteiger partial charge in [-0.25, -0.2) is 4.79 Å². The number of urea groups is 1. The average molecular weight is 344 g/mol. The van der Waals surface area contributed by atoms with Gasteiger partial charge in [0.25, 0.3) is 11.8 Å². The maximum Gasteiger partial charge on any atom is 0.321 e. The van der Waals surface area contributed by atoms with Crippen molar-refractivity contribution >= 4 is 17.8 Å². The molecule has 2 rings (SSSR count). The van der Waals surface area contributed by atoms with Crippen molar-refractivity contribution in [2.24, 2.45) is 0 Å². The highest BCUT2D eigenvalue weighted by atomic mass is 16.5. The van der Waals surface area contributed by atoms with Crippen molar-refractivity contribution in [3.8, 4) is 5.75 Å². The second-order valence-electron chi connectivity index (χ2n) is 5.33. The maximum atomic E-state index is 12.3. The monoisotopic (exact) mass is 344 g/mol. The van der Waals surface area contributed by atoms with Crippen LogP contribution in [0.5, 0.6) is 5.75 Å². The van der Waals surface area contributed by atoms with E-state index < -0.39 is 11.9 Å². The summed E-state index contributed by atoms with van der Waals surface area (Å²) in [6.45, 7) is 3.49. The minimum Gasteiger partial charge on any atom is -0.484 e. The van der Waals surface area contributed by atoms with Crippen LogP contribution in [0.15, 0.2) is 36.4 Å². The van der Waals surface area contributed by atoms with Gasteiger partial charge < -0.3 is 10.1 Å². The molecule has 25 heavy (non-hydrogen) atoms. The van der Waals surface area contributed by atoms with Crippen molar-refractivity contribution in [2.45, 2.75) is 13.8 Å². The smallest absolute Gasteiger partial charge is 0.321 e. The van der Waals surface area contributed by atoms with Crippen LogP contribution in [0.2, 0.25) is 0 Å². The average Bonchev–Trinajstić information content (AvgIpc) is 2.92. The number of nitrogens with zero attached hydrogens (tertiary/aromatic N) is 1. The fourth-order valence-corrected chi connectivity index (χ4v) is 2.09. The zero-order valence-electron chi connectivity index (χ0n) is 14.3. The van der Waals surface area contributed by atoms with Crippen molar-refractivity contribution < 1.29 is 19.1 Å². The quantitative estimate of drug-likeness (QED) is 0.761. The van der Waals surface area contributed by atoms with E-state index in [1.165, 1.54) is 7.05 Å². The lowest BCUT2D eigenvalue weighted by atomic mass is 10.2. The molecule has 8 heteroatoms. The van der Waals surface area contributed by atoms with Gasteiger partial charge in [0.2, 0.25) is 0 Å². The number of aryl methyl sites for hydroxylation is 2. The number of benzene rings is 1. The number of amides is 4. The predicted molar refractivity (Wildman–Crippen MR) is 92.1 cm³/mol. The summed E-state index contributed by atoms with van der Waals surface area (Å²) in [5.74, 6) is -0.414. The molecule has 0 bridgehead atoms. The first-order chi connectivity index (χ1) is 11.9. The predicted octanol–water partition coefficient (Wildman–Crippen LogP) is 1.32. The fraction of sp³-hybridized carbons (Fsp3) is 0.235. The first-order valence-corrected chi connectivity index (χ1v) is 7.61. The van der Waals surface area contributed by atoms with Crippen LogP contribution in [-0.2, 0) is 4.79 Å². The summed E-state index contributed by atoms with van der Waals surface area (Å²) < 4.78 is 6.97. The summed E-state index contributed by atoms with van der Waals surface area (Å²) in [6.07, 6.45) is 0. The normalized spacial score (nSPS) is 10.0. The van der Waals surface area contributed by atoms with Crippen LogP contribution < -0.4 is 20.8 Å². The Labute approximate surface area is 145 Å². The van der Waals surface area contributed by atoms with E-state index in [1.807, 2.05) is 26.0 Å². The number of rotatable bonds is 5. The third-order valence-corrected chi connectivity index (χ3v) is 3.45. The summed E-state index contributed by atoms with van der Waals surface area (Å²) in [4.78, 5) is 34.7. The Morgan fingerprint density at radius 2 is 1.60 bits per heavy atom. The Morgan fingerprint density at radius 3 is 2.16 bits per heavy atom. The molecule has 0 aliphatic heterocycles. The van der Waals surface area contributed by atoms with Crippen LogP contribution >= 0.6 is 0 Å². The molecule has 0 fully saturated rings. The van der Waals surface area contributed by atoms with Crippen molar-refractivity contribution in [1.29, 1.82) is 0 Å². The van der Waals surface area contributed by atoms with Gasteiger partial charge in [0, 0.05) is 24.0 Å². The van der Waals surface area contributed by atoms with Gasteiger partial charge in [-0.2, -0.15) is 0 Å². The van der Waals surface area contributed by atoms with E-state index in [2.05, 4.69) is 16.1 Å². The fourth-order valence-electron chi connectivity index (χ4n) is 2.09. The van der Waals surface area contributed by atoms with Gasteiger partial charge >= 0.3 is 6.03 Å². The molecule has 0 atom stereocenters. The first-order valence-electron chi connectivity index (χ1n) is 7.61. The van der Waals surface area contributed by atoms with Crippen LogP contribution in [0.4, 0.5) is 4.79 Å². The summed E-state index contributed by atoms with van der Waals surface area (Å²) in [7, 11) is 1.41. The highest BCUT2D eigenvalue weighted by Gasteiger charge is 2.10. The third kappa shape index (κ3) is 4.84. The molecule has 2 aromatic rings. The molecule has 3 N–H and O–H groups in total. The summed E-state index contributed by atoms with van der Waals surface area (Å²) in [6, 6.07) is 9.57. The maximum absolute atomic E-state index is 12.3. The SMILES string of the molecule is CNC(=O)NC(=O)COc1ccc(C(=O)Nn2c(C)ccc2C)cc1. The Kier molecular flexibility index (Phi) is 5.78. The van der Waals surface area contributed by atoms with E-state index in [0.717, 1.165) is 11.4 Å². The van der Waals surface area contributed by atoms with Crippen LogP contribution in [0.1, 0.15) is 21.7 Å². The Morgan fingerprint density at radius 1 is 1.00 bits per heavy atom. The molecular weight excluding hydrogens is 324 g/mol. The Balaban J connectivity index is 1.92. The topological polar surface area (TPSA) is 101 Å². The zero-order chi connectivity index (χ0) is 18.4. The number of aromatic nitrogens is 1. The lowest BCUT2D eigenvalue weighted by molar-refractivity contribution is -0.122. The van der Waals surface area contributed by atoms with Gasteiger partial charge in [-0.15, -0.1) is 0 Å². The van der Waals surface area contributed by atoms with Gasteiger partial charge in [-0.3, -0.25) is 25.0 Å². The van der Waals surface area contributed by atoms with Gasteiger partial charge in [0.15, 0.2) is 6.61 Å². The lowest BCUT2D eigenvalue weighted by Gasteiger charge is -2.11. The van der Waals surface area contributed by atoms with Gasteiger partial charge in [-0.05, 0) is 50.2 Å². The molecule has 0 spiro atoms. The number of carbonyl (C=O) groups is 3. The van der Waals surface area contributed by atoms with E-state index in [9.17, 15) is 14.4 Å². The molecule has 132 valence electrons. The zero-order valence-corrected chi connectivity index (χ0v) is 14.3. The third-order valence-electron chi connectivity index (χ3n) is 3.45. The second kappa shape index (κ2) is 8.00. The molecule has 0 radical (unpaired) electrons. The Hall–Kier alpha value is -3.29. The molecule has 0 unspecified atom stereocenters. The molecule has 1 aromatic carbocycles. The van der Waals surface area contributed by atoms with Crippen LogP contribution in [-0.4, -0.2) is 36.2 Å². The second-order valence-corrected chi connectivity index (χ2v) is 5.33. The molecule has 8 nitrogen and oxygen atoms in total. The largest absolute Gasteiger partial charge is 0.484 e. The van der Waals surface area contributed by atoms with Crippen LogP contribution in [0, 0.1) is 13.8 Å². The summed E-state index contributed by atoms with van der Waals surface area (Å²) in [5, 5.41) is 4.35. The molecule has 0 saturated heterocycles. The van der Waals surface area contributed by atoms with Gasteiger partial charge in [-0.1, -0.05) is 0 Å². The van der Waals surface area contributed by atoms with Gasteiger partial charge in [0.1, 0.15) is 5.75 Å². The number of ether oxygens (including phenoxy) is 1. The molecule has 4 amide bonds. The highest BCUT2D eigenvalue weighted by Crippen LogP contribution is 2.13. The Bertz CT molecular complexity index is 761. The minimum atomic E-state index is -0.601. The first kappa shape index (κ1) is 18.1. The molecule has 1 heterocycles. The highest BCUT2D eigenvalue weighted by molar-refractivity contribution is 6.00. The number of carbonyl (C=O) groups excluding carboxylic acids is 3. The van der Waals surface area contributed by atoms with E-state index in [0.29, 0.717) is 11.3 Å². The molecule has 1 aromatic heterocycles. The van der Waals surface area contributed by atoms with E-state index >= 15 is 0 Å². The van der Waals surface area contributed by atoms with E-state index in [1.54, 1.807) is 28.9 Å². The van der Waals surface area contributed by atoms with Crippen LogP contribution in [0.3, 0.4) is 0 Å². The van der Waals surface area contributed by atoms with Gasteiger partial charge in [0.05, 0.1) is 0 Å². The lowest BCUT2D eigenvalue weighted by Crippen LogP contribution is -2.39. The van der Waals surface area contributed by atoms with E-state index in [-0.39, 0.29) is 12.5 Å². The number of hydrogen-bond donors (Lipinski definition) is 3. The van der Waals surface area contributed by atoms with Crippen LogP contribution in [0.25, 0.3) is 0 Å². The van der Waals surface area contributed by atoms with E-state index in [4.69, 9.17) is 4.74 Å². The van der Waals surface area contributed by atoms with Crippen molar-refractivity contribution in [1.82, 2.24) is 15.3 Å². The molecule has 0 aliphatic rings. The number of imide groups is 1. The molecular formula is C17H20N4O4. The molecule has 0 saturated carbocycles. The van der Waals surface area contributed by atoms with Crippen molar-refractivity contribution in [3.05, 3.63) is 53.3 Å².